The lowest BCUT2D eigenvalue weighted by atomic mass is 10.0. The fourth-order valence-corrected chi connectivity index (χ4v) is 2.10. The van der Waals surface area contributed by atoms with Crippen LogP contribution in [-0.2, 0) is 0 Å². The maximum atomic E-state index is 13.3. The summed E-state index contributed by atoms with van der Waals surface area (Å²) in [7, 11) is 0. The zero-order valence-corrected chi connectivity index (χ0v) is 10.9. The van der Waals surface area contributed by atoms with Crippen LogP contribution in [0, 0.1) is 5.82 Å². The van der Waals surface area contributed by atoms with Crippen molar-refractivity contribution in [3.05, 3.63) is 68.9 Å². The van der Waals surface area contributed by atoms with Gasteiger partial charge in [0.2, 0.25) is 0 Å². The Morgan fingerprint density at radius 3 is 2.59 bits per heavy atom. The van der Waals surface area contributed by atoms with Crippen LogP contribution in [-0.4, -0.2) is 5.78 Å². The van der Waals surface area contributed by atoms with Gasteiger partial charge in [-0.2, -0.15) is 0 Å². The highest BCUT2D eigenvalue weighted by Gasteiger charge is 2.14. The number of carbonyl (C=O) groups is 1. The highest BCUT2D eigenvalue weighted by atomic mass is 79.9. The van der Waals surface area contributed by atoms with Crippen LogP contribution in [0.1, 0.15) is 15.9 Å². The summed E-state index contributed by atoms with van der Waals surface area (Å²) >= 11 is 8.88. The van der Waals surface area contributed by atoms with Gasteiger partial charge in [0.05, 0.1) is 4.47 Å². The molecular weight excluding hydrogens is 306 g/mol. The standard InChI is InChI=1S/C13H7BrClFO/c14-12-10(5-2-6-11(12)16)13(17)8-3-1-4-9(15)7-8/h1-7H. The summed E-state index contributed by atoms with van der Waals surface area (Å²) in [4.78, 5) is 12.1. The van der Waals surface area contributed by atoms with E-state index >= 15 is 0 Å². The van der Waals surface area contributed by atoms with Crippen LogP contribution in [0.4, 0.5) is 4.39 Å². The van der Waals surface area contributed by atoms with E-state index in [1.54, 1.807) is 30.3 Å². The Morgan fingerprint density at radius 2 is 1.88 bits per heavy atom. The Hall–Kier alpha value is -1.19. The number of benzene rings is 2. The second-order valence-corrected chi connectivity index (χ2v) is 4.67. The first-order chi connectivity index (χ1) is 8.09. The molecule has 0 heterocycles. The van der Waals surface area contributed by atoms with Crippen molar-refractivity contribution in [2.24, 2.45) is 0 Å². The van der Waals surface area contributed by atoms with E-state index in [9.17, 15) is 9.18 Å². The molecule has 0 aliphatic heterocycles. The quantitative estimate of drug-likeness (QED) is 0.748. The first-order valence-corrected chi connectivity index (χ1v) is 6.01. The van der Waals surface area contributed by atoms with Crippen LogP contribution in [0.2, 0.25) is 5.02 Å². The molecule has 2 aromatic carbocycles. The van der Waals surface area contributed by atoms with Crippen LogP contribution in [0.5, 0.6) is 0 Å². The molecule has 0 aromatic heterocycles. The van der Waals surface area contributed by atoms with Crippen molar-refractivity contribution in [2.75, 3.05) is 0 Å². The summed E-state index contributed by atoms with van der Waals surface area (Å²) in [5, 5.41) is 0.475. The minimum Gasteiger partial charge on any atom is -0.289 e. The molecule has 0 radical (unpaired) electrons. The van der Waals surface area contributed by atoms with E-state index in [-0.39, 0.29) is 15.8 Å². The van der Waals surface area contributed by atoms with Gasteiger partial charge in [0.25, 0.3) is 0 Å². The third kappa shape index (κ3) is 2.56. The molecular formula is C13H7BrClFO. The number of rotatable bonds is 2. The zero-order valence-electron chi connectivity index (χ0n) is 8.58. The van der Waals surface area contributed by atoms with Gasteiger partial charge in [-0.15, -0.1) is 0 Å². The molecule has 0 fully saturated rings. The molecule has 0 bridgehead atoms. The molecule has 0 aliphatic carbocycles. The molecule has 0 unspecified atom stereocenters. The van der Waals surface area contributed by atoms with Crippen molar-refractivity contribution < 1.29 is 9.18 Å². The summed E-state index contributed by atoms with van der Waals surface area (Å²) in [6.45, 7) is 0. The molecule has 0 saturated carbocycles. The summed E-state index contributed by atoms with van der Waals surface area (Å²) in [6.07, 6.45) is 0. The largest absolute Gasteiger partial charge is 0.289 e. The predicted molar refractivity (Wildman–Crippen MR) is 69.0 cm³/mol. The van der Waals surface area contributed by atoms with Crippen molar-refractivity contribution >= 4 is 33.3 Å². The van der Waals surface area contributed by atoms with Gasteiger partial charge in [-0.05, 0) is 40.2 Å². The maximum Gasteiger partial charge on any atom is 0.194 e. The van der Waals surface area contributed by atoms with E-state index in [4.69, 9.17) is 11.6 Å². The summed E-state index contributed by atoms with van der Waals surface area (Å²) in [6, 6.07) is 10.9. The number of hydrogen-bond acceptors (Lipinski definition) is 1. The summed E-state index contributed by atoms with van der Waals surface area (Å²) < 4.78 is 13.5. The van der Waals surface area contributed by atoms with Crippen molar-refractivity contribution in [2.45, 2.75) is 0 Å². The van der Waals surface area contributed by atoms with E-state index in [1.807, 2.05) is 0 Å². The number of carbonyl (C=O) groups excluding carboxylic acids is 1. The molecule has 2 aromatic rings. The summed E-state index contributed by atoms with van der Waals surface area (Å²) in [5.74, 6) is -0.725. The Morgan fingerprint density at radius 1 is 1.18 bits per heavy atom. The Kier molecular flexibility index (Phi) is 3.60. The van der Waals surface area contributed by atoms with Crippen molar-refractivity contribution in [1.29, 1.82) is 0 Å². The van der Waals surface area contributed by atoms with Crippen LogP contribution in [0.3, 0.4) is 0 Å². The Balaban J connectivity index is 2.48. The highest BCUT2D eigenvalue weighted by molar-refractivity contribution is 9.10. The van der Waals surface area contributed by atoms with Gasteiger partial charge >= 0.3 is 0 Å². The second-order valence-electron chi connectivity index (χ2n) is 3.44. The van der Waals surface area contributed by atoms with E-state index < -0.39 is 5.82 Å². The van der Waals surface area contributed by atoms with Gasteiger partial charge in [0.15, 0.2) is 5.78 Å². The fraction of sp³-hybridized carbons (Fsp3) is 0. The summed E-state index contributed by atoms with van der Waals surface area (Å²) in [5.41, 5.74) is 0.719. The van der Waals surface area contributed by atoms with Crippen LogP contribution in [0.25, 0.3) is 0 Å². The Bertz CT molecular complexity index is 583. The second kappa shape index (κ2) is 4.98. The van der Waals surface area contributed by atoms with Gasteiger partial charge in [-0.25, -0.2) is 4.39 Å². The third-order valence-corrected chi connectivity index (χ3v) is 3.32. The number of hydrogen-bond donors (Lipinski definition) is 0. The van der Waals surface area contributed by atoms with Crippen molar-refractivity contribution in [3.63, 3.8) is 0 Å². The van der Waals surface area contributed by atoms with E-state index in [0.29, 0.717) is 10.6 Å². The molecule has 0 spiro atoms. The van der Waals surface area contributed by atoms with Gasteiger partial charge in [-0.3, -0.25) is 4.79 Å². The average Bonchev–Trinajstić information content (AvgIpc) is 2.32. The fourth-order valence-electron chi connectivity index (χ4n) is 1.46. The van der Waals surface area contributed by atoms with Gasteiger partial charge in [0, 0.05) is 16.1 Å². The van der Waals surface area contributed by atoms with Gasteiger partial charge < -0.3 is 0 Å². The van der Waals surface area contributed by atoms with Crippen molar-refractivity contribution in [1.82, 2.24) is 0 Å². The predicted octanol–water partition coefficient (Wildman–Crippen LogP) is 4.47. The highest BCUT2D eigenvalue weighted by Crippen LogP contribution is 2.24. The minimum atomic E-state index is -0.460. The van der Waals surface area contributed by atoms with Gasteiger partial charge in [0.1, 0.15) is 5.82 Å². The number of halogens is 3. The molecule has 1 nitrogen and oxygen atoms in total. The molecule has 0 amide bonds. The van der Waals surface area contributed by atoms with E-state index in [2.05, 4.69) is 15.9 Å². The molecule has 0 aliphatic rings. The molecule has 0 N–H and O–H groups in total. The van der Waals surface area contributed by atoms with Crippen LogP contribution >= 0.6 is 27.5 Å². The SMILES string of the molecule is O=C(c1cccc(Cl)c1)c1cccc(F)c1Br. The lowest BCUT2D eigenvalue weighted by Gasteiger charge is -2.04. The normalized spacial score (nSPS) is 10.3. The molecule has 86 valence electrons. The number of ketones is 1. The first kappa shape index (κ1) is 12.3. The van der Waals surface area contributed by atoms with Crippen LogP contribution in [0.15, 0.2) is 46.9 Å². The molecule has 4 heteroatoms. The first-order valence-electron chi connectivity index (χ1n) is 4.84. The minimum absolute atomic E-state index is 0.171. The van der Waals surface area contributed by atoms with Crippen molar-refractivity contribution in [3.8, 4) is 0 Å². The van der Waals surface area contributed by atoms with E-state index in [0.717, 1.165) is 0 Å². The van der Waals surface area contributed by atoms with E-state index in [1.165, 1.54) is 12.1 Å². The third-order valence-electron chi connectivity index (χ3n) is 2.28. The lowest BCUT2D eigenvalue weighted by Crippen LogP contribution is -2.03. The monoisotopic (exact) mass is 312 g/mol. The molecule has 0 saturated heterocycles. The van der Waals surface area contributed by atoms with Gasteiger partial charge in [-0.1, -0.05) is 29.8 Å². The zero-order chi connectivity index (χ0) is 12.4. The molecule has 0 atom stereocenters. The van der Waals surface area contributed by atoms with Crippen LogP contribution < -0.4 is 0 Å². The molecule has 2 rings (SSSR count). The molecule has 17 heavy (non-hydrogen) atoms. The smallest absolute Gasteiger partial charge is 0.194 e. The maximum absolute atomic E-state index is 13.3. The topological polar surface area (TPSA) is 17.1 Å². The Labute approximate surface area is 111 Å². The lowest BCUT2D eigenvalue weighted by molar-refractivity contribution is 0.103. The average molecular weight is 314 g/mol.